The van der Waals surface area contributed by atoms with E-state index in [9.17, 15) is 13.6 Å². The van der Waals surface area contributed by atoms with E-state index in [4.69, 9.17) is 4.52 Å². The molecule has 0 aliphatic carbocycles. The third kappa shape index (κ3) is 4.60. The van der Waals surface area contributed by atoms with E-state index in [2.05, 4.69) is 37.2 Å². The van der Waals surface area contributed by atoms with Gasteiger partial charge in [-0.2, -0.15) is 0 Å². The Morgan fingerprint density at radius 2 is 1.94 bits per heavy atom. The lowest BCUT2D eigenvalue weighted by Gasteiger charge is -2.34. The zero-order valence-electron chi connectivity index (χ0n) is 19.5. The number of hydrogen-bond donors (Lipinski definition) is 2. The van der Waals surface area contributed by atoms with E-state index >= 15 is 0 Å². The maximum absolute atomic E-state index is 15.0. The molecule has 184 valence electrons. The zero-order valence-corrected chi connectivity index (χ0v) is 19.5. The number of carbonyl (C=O) groups excluding carboxylic acids is 1. The number of halogens is 2. The van der Waals surface area contributed by atoms with Gasteiger partial charge in [0.15, 0.2) is 11.6 Å². The van der Waals surface area contributed by atoms with Crippen LogP contribution >= 0.6 is 0 Å². The lowest BCUT2D eigenvalue weighted by Crippen LogP contribution is -2.44. The molecule has 3 heterocycles. The number of nitrogens with zero attached hydrogens (tertiary/aromatic N) is 5. The first kappa shape index (κ1) is 23.4. The van der Waals surface area contributed by atoms with Gasteiger partial charge in [-0.05, 0) is 37.4 Å². The summed E-state index contributed by atoms with van der Waals surface area (Å²) in [5.74, 6) is -2.23. The molecule has 1 aliphatic rings. The van der Waals surface area contributed by atoms with E-state index in [-0.39, 0.29) is 23.2 Å². The van der Waals surface area contributed by atoms with Crippen LogP contribution in [0.4, 0.5) is 31.8 Å². The Labute approximate surface area is 205 Å². The minimum absolute atomic E-state index is 0.0497. The summed E-state index contributed by atoms with van der Waals surface area (Å²) in [5, 5.41) is 9.51. The van der Waals surface area contributed by atoms with Crippen molar-refractivity contribution in [3.8, 4) is 11.3 Å². The molecule has 0 atom stereocenters. The Morgan fingerprint density at radius 3 is 2.72 bits per heavy atom. The molecule has 0 spiro atoms. The predicted molar refractivity (Wildman–Crippen MR) is 133 cm³/mol. The number of piperazine rings is 1. The van der Waals surface area contributed by atoms with Crippen molar-refractivity contribution in [2.45, 2.75) is 0 Å². The Balaban J connectivity index is 1.42. The van der Waals surface area contributed by atoms with E-state index in [0.29, 0.717) is 41.1 Å². The summed E-state index contributed by atoms with van der Waals surface area (Å²) in [6.07, 6.45) is 2.57. The van der Waals surface area contributed by atoms with Crippen molar-refractivity contribution < 1.29 is 18.1 Å². The van der Waals surface area contributed by atoms with Gasteiger partial charge in [-0.1, -0.05) is 23.9 Å². The Morgan fingerprint density at radius 1 is 1.14 bits per heavy atom. The van der Waals surface area contributed by atoms with Crippen molar-refractivity contribution >= 4 is 40.0 Å². The highest BCUT2D eigenvalue weighted by atomic mass is 19.2. The normalized spacial score (nSPS) is 14.1. The first-order valence-corrected chi connectivity index (χ1v) is 11.3. The number of amides is 1. The third-order valence-corrected chi connectivity index (χ3v) is 5.96. The van der Waals surface area contributed by atoms with Crippen LogP contribution < -0.4 is 15.5 Å². The molecule has 9 nitrogen and oxygen atoms in total. The molecule has 2 aromatic heterocycles. The number of aromatic nitrogens is 3. The van der Waals surface area contributed by atoms with E-state index in [0.717, 1.165) is 13.1 Å². The zero-order chi connectivity index (χ0) is 25.2. The molecule has 0 bridgehead atoms. The monoisotopic (exact) mass is 491 g/mol. The van der Waals surface area contributed by atoms with Crippen LogP contribution in [0, 0.1) is 11.6 Å². The third-order valence-electron chi connectivity index (χ3n) is 5.96. The lowest BCUT2D eigenvalue weighted by molar-refractivity contribution is -0.111. The summed E-state index contributed by atoms with van der Waals surface area (Å²) in [6.45, 7) is 6.23. The summed E-state index contributed by atoms with van der Waals surface area (Å²) in [4.78, 5) is 24.2. The Hall–Kier alpha value is -4.38. The fourth-order valence-corrected chi connectivity index (χ4v) is 3.98. The van der Waals surface area contributed by atoms with Crippen molar-refractivity contribution in [1.82, 2.24) is 20.0 Å². The van der Waals surface area contributed by atoms with Crippen LogP contribution in [0.25, 0.3) is 22.4 Å². The van der Waals surface area contributed by atoms with Crippen LogP contribution in [-0.2, 0) is 4.79 Å². The maximum Gasteiger partial charge on any atom is 0.247 e. The molecule has 36 heavy (non-hydrogen) atoms. The van der Waals surface area contributed by atoms with Crippen molar-refractivity contribution in [2.75, 3.05) is 48.8 Å². The largest absolute Gasteiger partial charge is 0.367 e. The van der Waals surface area contributed by atoms with Crippen LogP contribution in [0.5, 0.6) is 0 Å². The number of carbonyl (C=O) groups is 1. The van der Waals surface area contributed by atoms with E-state index in [1.807, 2.05) is 11.9 Å². The van der Waals surface area contributed by atoms with Crippen LogP contribution in [0.15, 0.2) is 59.8 Å². The molecule has 5 rings (SSSR count). The van der Waals surface area contributed by atoms with Crippen molar-refractivity contribution in [3.63, 3.8) is 0 Å². The summed E-state index contributed by atoms with van der Waals surface area (Å²) >= 11 is 0. The van der Waals surface area contributed by atoms with Gasteiger partial charge in [0.25, 0.3) is 0 Å². The van der Waals surface area contributed by atoms with Crippen molar-refractivity contribution in [3.05, 3.63) is 66.9 Å². The molecule has 11 heteroatoms. The molecular weight excluding hydrogens is 468 g/mol. The van der Waals surface area contributed by atoms with Gasteiger partial charge < -0.3 is 25.0 Å². The second kappa shape index (κ2) is 9.70. The smallest absolute Gasteiger partial charge is 0.247 e. The second-order valence-electron chi connectivity index (χ2n) is 8.39. The van der Waals surface area contributed by atoms with Gasteiger partial charge in [0.2, 0.25) is 17.4 Å². The number of likely N-dealkylation sites (N-methyl/N-ethyl adjacent to an activating group) is 1. The van der Waals surface area contributed by atoms with Gasteiger partial charge >= 0.3 is 0 Å². The van der Waals surface area contributed by atoms with Crippen LogP contribution in [0.3, 0.4) is 0 Å². The number of rotatable bonds is 6. The van der Waals surface area contributed by atoms with Gasteiger partial charge in [-0.3, -0.25) is 4.79 Å². The Kier molecular flexibility index (Phi) is 6.30. The fourth-order valence-electron chi connectivity index (χ4n) is 3.98. The molecule has 4 aromatic rings. The first-order valence-electron chi connectivity index (χ1n) is 11.3. The molecule has 1 amide bonds. The number of fused-ring (bicyclic) bond motifs is 1. The van der Waals surface area contributed by atoms with Crippen LogP contribution in [-0.4, -0.2) is 59.2 Å². The highest BCUT2D eigenvalue weighted by Gasteiger charge is 2.22. The minimum Gasteiger partial charge on any atom is -0.367 e. The summed E-state index contributed by atoms with van der Waals surface area (Å²) in [5.41, 5.74) is 2.40. The summed E-state index contributed by atoms with van der Waals surface area (Å²) in [7, 11) is 2.00. The van der Waals surface area contributed by atoms with Gasteiger partial charge in [0, 0.05) is 37.4 Å². The topological polar surface area (TPSA) is 99.4 Å². The summed E-state index contributed by atoms with van der Waals surface area (Å²) in [6, 6.07) is 9.98. The highest BCUT2D eigenvalue weighted by molar-refractivity contribution is 5.99. The van der Waals surface area contributed by atoms with Gasteiger partial charge in [0.1, 0.15) is 11.2 Å². The van der Waals surface area contributed by atoms with E-state index in [1.54, 1.807) is 30.3 Å². The maximum atomic E-state index is 15.0. The minimum atomic E-state index is -1.01. The quantitative estimate of drug-likeness (QED) is 0.388. The molecular formula is C25H23F2N7O2. The standard InChI is InChI=1S/C25H23F2N7O2/c1-3-20(35)29-16-6-4-5-15(13-16)23-24-19(36-32-23)14-28-25(31-24)30-17-7-8-18(22(27)21(17)26)34-11-9-33(2)10-12-34/h3-8,13-14H,1,9-12H2,2H3,(H,29,35)(H,28,30,31). The molecule has 0 saturated carbocycles. The van der Waals surface area contributed by atoms with Crippen LogP contribution in [0.2, 0.25) is 0 Å². The number of hydrogen-bond acceptors (Lipinski definition) is 8. The van der Waals surface area contributed by atoms with E-state index in [1.165, 1.54) is 18.3 Å². The van der Waals surface area contributed by atoms with Crippen molar-refractivity contribution in [2.24, 2.45) is 0 Å². The summed E-state index contributed by atoms with van der Waals surface area (Å²) < 4.78 is 35.2. The predicted octanol–water partition coefficient (Wildman–Crippen LogP) is 4.18. The van der Waals surface area contributed by atoms with Gasteiger partial charge in [-0.15, -0.1) is 0 Å². The first-order chi connectivity index (χ1) is 17.4. The molecule has 1 saturated heterocycles. The van der Waals surface area contributed by atoms with Crippen LogP contribution in [0.1, 0.15) is 0 Å². The van der Waals surface area contributed by atoms with E-state index < -0.39 is 11.6 Å². The number of nitrogens with one attached hydrogen (secondary N) is 2. The number of anilines is 4. The SMILES string of the molecule is C=CC(=O)Nc1cccc(-c2noc3cnc(Nc4ccc(N5CCN(C)CC5)c(F)c4F)nc23)c1. The molecule has 0 radical (unpaired) electrons. The fraction of sp³-hybridized carbons (Fsp3) is 0.200. The molecule has 2 aromatic carbocycles. The Bertz CT molecular complexity index is 1450. The number of benzene rings is 2. The average Bonchev–Trinajstić information content (AvgIpc) is 3.31. The highest BCUT2D eigenvalue weighted by Crippen LogP contribution is 2.31. The molecule has 0 unspecified atom stereocenters. The second-order valence-corrected chi connectivity index (χ2v) is 8.39. The average molecular weight is 492 g/mol. The van der Waals surface area contributed by atoms with Gasteiger partial charge in [0.05, 0.1) is 17.6 Å². The molecule has 1 fully saturated rings. The molecule has 2 N–H and O–H groups in total. The lowest BCUT2D eigenvalue weighted by atomic mass is 10.1. The molecule has 1 aliphatic heterocycles. The van der Waals surface area contributed by atoms with Gasteiger partial charge in [-0.25, -0.2) is 18.7 Å². The van der Waals surface area contributed by atoms with Crippen molar-refractivity contribution in [1.29, 1.82) is 0 Å².